The summed E-state index contributed by atoms with van der Waals surface area (Å²) < 4.78 is 11.9. The molecule has 0 aliphatic carbocycles. The maximum Gasteiger partial charge on any atom is 0.280 e. The number of H-pyrrole nitrogens is 1. The minimum absolute atomic E-state index is 0.164. The zero-order chi connectivity index (χ0) is 14.1. The van der Waals surface area contributed by atoms with Crippen molar-refractivity contribution in [1.29, 1.82) is 0 Å². The van der Waals surface area contributed by atoms with E-state index in [1.807, 2.05) is 0 Å². The molecule has 0 atom stereocenters. The van der Waals surface area contributed by atoms with Crippen molar-refractivity contribution in [2.75, 3.05) is 14.2 Å². The van der Waals surface area contributed by atoms with Crippen LogP contribution in [0, 0.1) is 0 Å². The maximum absolute atomic E-state index is 11.6. The average molecular weight is 273 g/mol. The third-order valence-electron chi connectivity index (χ3n) is 2.86. The van der Waals surface area contributed by atoms with Crippen LogP contribution in [0.1, 0.15) is 0 Å². The Kier molecular flexibility index (Phi) is 2.82. The van der Waals surface area contributed by atoms with Gasteiger partial charge in [-0.15, -0.1) is 5.10 Å². The number of aromatic nitrogens is 5. The number of hydrogen-bond donors (Lipinski definition) is 1. The van der Waals surface area contributed by atoms with Gasteiger partial charge in [0.1, 0.15) is 17.2 Å². The van der Waals surface area contributed by atoms with Gasteiger partial charge in [0, 0.05) is 6.07 Å². The van der Waals surface area contributed by atoms with Gasteiger partial charge in [0.05, 0.1) is 20.5 Å². The van der Waals surface area contributed by atoms with Gasteiger partial charge in [-0.05, 0) is 12.1 Å². The molecule has 1 aromatic carbocycles. The highest BCUT2D eigenvalue weighted by molar-refractivity contribution is 5.71. The van der Waals surface area contributed by atoms with Crippen LogP contribution in [0.3, 0.4) is 0 Å². The Balaban J connectivity index is 2.30. The second kappa shape index (κ2) is 4.65. The highest BCUT2D eigenvalue weighted by atomic mass is 16.5. The van der Waals surface area contributed by atoms with E-state index < -0.39 is 0 Å². The van der Waals surface area contributed by atoms with Gasteiger partial charge in [-0.2, -0.15) is 4.68 Å². The Bertz CT molecular complexity index is 823. The molecule has 0 amide bonds. The van der Waals surface area contributed by atoms with Crippen LogP contribution in [0.2, 0.25) is 0 Å². The van der Waals surface area contributed by atoms with Crippen molar-refractivity contribution in [3.8, 4) is 17.2 Å². The molecule has 20 heavy (non-hydrogen) atoms. The molecule has 0 unspecified atom stereocenters. The number of aromatic amines is 1. The first-order valence-corrected chi connectivity index (χ1v) is 5.76. The van der Waals surface area contributed by atoms with Crippen LogP contribution in [0.4, 0.5) is 0 Å². The quantitative estimate of drug-likeness (QED) is 0.747. The van der Waals surface area contributed by atoms with Gasteiger partial charge < -0.3 is 14.5 Å². The molecule has 8 nitrogen and oxygen atoms in total. The van der Waals surface area contributed by atoms with E-state index in [1.54, 1.807) is 32.4 Å². The molecule has 2 aromatic heterocycles. The summed E-state index contributed by atoms with van der Waals surface area (Å²) >= 11 is 0. The van der Waals surface area contributed by atoms with Crippen molar-refractivity contribution in [2.24, 2.45) is 0 Å². The van der Waals surface area contributed by atoms with Gasteiger partial charge in [-0.25, -0.2) is 4.98 Å². The minimum Gasteiger partial charge on any atom is -0.497 e. The molecule has 0 spiro atoms. The molecular formula is C12H11N5O3. The Labute approximate surface area is 113 Å². The smallest absolute Gasteiger partial charge is 0.280 e. The number of methoxy groups -OCH3 is 2. The van der Waals surface area contributed by atoms with E-state index in [0.717, 1.165) is 0 Å². The summed E-state index contributed by atoms with van der Waals surface area (Å²) in [5.41, 5.74) is 0.758. The van der Waals surface area contributed by atoms with Gasteiger partial charge in [0.2, 0.25) is 0 Å². The van der Waals surface area contributed by atoms with E-state index in [4.69, 9.17) is 9.47 Å². The fourth-order valence-electron chi connectivity index (χ4n) is 1.88. The van der Waals surface area contributed by atoms with Crippen LogP contribution in [-0.2, 0) is 0 Å². The highest BCUT2D eigenvalue weighted by Crippen LogP contribution is 2.28. The topological polar surface area (TPSA) is 94.9 Å². The van der Waals surface area contributed by atoms with Crippen molar-refractivity contribution in [3.05, 3.63) is 34.9 Å². The lowest BCUT2D eigenvalue weighted by Gasteiger charge is -2.09. The fourth-order valence-corrected chi connectivity index (χ4v) is 1.88. The Morgan fingerprint density at radius 3 is 2.85 bits per heavy atom. The van der Waals surface area contributed by atoms with Crippen LogP contribution in [0.15, 0.2) is 29.3 Å². The molecule has 0 aliphatic heterocycles. The zero-order valence-corrected chi connectivity index (χ0v) is 10.8. The zero-order valence-electron chi connectivity index (χ0n) is 10.8. The van der Waals surface area contributed by atoms with Crippen molar-refractivity contribution >= 4 is 11.2 Å². The van der Waals surface area contributed by atoms with Crippen molar-refractivity contribution in [2.45, 2.75) is 0 Å². The average Bonchev–Trinajstić information content (AvgIpc) is 2.92. The van der Waals surface area contributed by atoms with Gasteiger partial charge >= 0.3 is 0 Å². The van der Waals surface area contributed by atoms with E-state index >= 15 is 0 Å². The summed E-state index contributed by atoms with van der Waals surface area (Å²) in [6.07, 6.45) is 1.30. The van der Waals surface area contributed by atoms with Crippen LogP contribution in [-0.4, -0.2) is 39.2 Å². The number of fused-ring (bicyclic) bond motifs is 1. The third kappa shape index (κ3) is 1.78. The lowest BCUT2D eigenvalue weighted by atomic mass is 10.2. The SMILES string of the molecule is COc1ccc(OC)c(-n2nnc3c(=O)[nH]cnc32)c1. The van der Waals surface area contributed by atoms with E-state index in [9.17, 15) is 4.79 Å². The summed E-state index contributed by atoms with van der Waals surface area (Å²) in [5, 5.41) is 7.79. The van der Waals surface area contributed by atoms with Crippen LogP contribution >= 0.6 is 0 Å². The molecule has 0 bridgehead atoms. The van der Waals surface area contributed by atoms with Gasteiger partial charge in [0.15, 0.2) is 11.2 Å². The molecule has 3 aromatic rings. The summed E-state index contributed by atoms with van der Waals surface area (Å²) in [6.45, 7) is 0. The molecule has 3 rings (SSSR count). The molecule has 102 valence electrons. The van der Waals surface area contributed by atoms with Crippen LogP contribution in [0.5, 0.6) is 11.5 Å². The summed E-state index contributed by atoms with van der Waals surface area (Å²) in [7, 11) is 3.11. The minimum atomic E-state index is -0.344. The van der Waals surface area contributed by atoms with Crippen molar-refractivity contribution < 1.29 is 9.47 Å². The molecule has 0 fully saturated rings. The Hall–Kier alpha value is -2.90. The summed E-state index contributed by atoms with van der Waals surface area (Å²) in [4.78, 5) is 18.2. The molecule has 0 radical (unpaired) electrons. The predicted molar refractivity (Wildman–Crippen MR) is 70.4 cm³/mol. The van der Waals surface area contributed by atoms with Crippen LogP contribution in [0.25, 0.3) is 16.9 Å². The lowest BCUT2D eigenvalue weighted by Crippen LogP contribution is -2.07. The number of rotatable bonds is 3. The first-order valence-electron chi connectivity index (χ1n) is 5.76. The number of nitrogens with one attached hydrogen (secondary N) is 1. The predicted octanol–water partition coefficient (Wildman–Crippen LogP) is 0.521. The molecule has 1 N–H and O–H groups in total. The molecule has 0 aliphatic rings. The second-order valence-electron chi connectivity index (χ2n) is 3.94. The van der Waals surface area contributed by atoms with E-state index in [2.05, 4.69) is 20.3 Å². The van der Waals surface area contributed by atoms with E-state index in [-0.39, 0.29) is 11.1 Å². The molecule has 8 heteroatoms. The van der Waals surface area contributed by atoms with E-state index in [0.29, 0.717) is 22.8 Å². The second-order valence-corrected chi connectivity index (χ2v) is 3.94. The normalized spacial score (nSPS) is 10.7. The maximum atomic E-state index is 11.6. The molecule has 0 saturated heterocycles. The first kappa shape index (κ1) is 12.2. The standard InChI is InChI=1S/C12H11N5O3/c1-19-7-3-4-9(20-2)8(5-7)17-11-10(15-16-17)12(18)14-6-13-11/h3-6H,1-2H3,(H,13,14,18). The molecular weight excluding hydrogens is 262 g/mol. The Morgan fingerprint density at radius 2 is 2.10 bits per heavy atom. The highest BCUT2D eigenvalue weighted by Gasteiger charge is 2.15. The van der Waals surface area contributed by atoms with E-state index in [1.165, 1.54) is 11.0 Å². The number of ether oxygens (including phenoxy) is 2. The number of nitrogens with zero attached hydrogens (tertiary/aromatic N) is 4. The number of hydrogen-bond acceptors (Lipinski definition) is 6. The summed E-state index contributed by atoms with van der Waals surface area (Å²) in [6, 6.07) is 5.24. The fraction of sp³-hybridized carbons (Fsp3) is 0.167. The number of benzene rings is 1. The molecule has 0 saturated carbocycles. The molecule has 2 heterocycles. The first-order chi connectivity index (χ1) is 9.74. The van der Waals surface area contributed by atoms with Gasteiger partial charge in [0.25, 0.3) is 5.56 Å². The third-order valence-corrected chi connectivity index (χ3v) is 2.86. The largest absolute Gasteiger partial charge is 0.497 e. The monoisotopic (exact) mass is 273 g/mol. The lowest BCUT2D eigenvalue weighted by molar-refractivity contribution is 0.400. The van der Waals surface area contributed by atoms with Crippen molar-refractivity contribution in [3.63, 3.8) is 0 Å². The van der Waals surface area contributed by atoms with Crippen molar-refractivity contribution in [1.82, 2.24) is 25.0 Å². The van der Waals surface area contributed by atoms with Gasteiger partial charge in [-0.1, -0.05) is 5.21 Å². The van der Waals surface area contributed by atoms with Gasteiger partial charge in [-0.3, -0.25) is 4.79 Å². The summed E-state index contributed by atoms with van der Waals surface area (Å²) in [5.74, 6) is 1.20. The van der Waals surface area contributed by atoms with Crippen LogP contribution < -0.4 is 15.0 Å². The Morgan fingerprint density at radius 1 is 1.25 bits per heavy atom.